The molecule has 1 heterocycles. The molecule has 15 heavy (non-hydrogen) atoms. The zero-order valence-corrected chi connectivity index (χ0v) is 11.5. The minimum Gasteiger partial charge on any atom is -0.292 e. The molecule has 0 aromatic rings. The Morgan fingerprint density at radius 1 is 1.13 bits per heavy atom. The average Bonchev–Trinajstić information content (AvgIpc) is 2.27. The van der Waals surface area contributed by atoms with Gasteiger partial charge in [0.2, 0.25) is 0 Å². The molecule has 2 fully saturated rings. The molecule has 0 N–H and O–H groups in total. The fourth-order valence-electron chi connectivity index (χ4n) is 4.42. The van der Waals surface area contributed by atoms with Gasteiger partial charge in [-0.25, -0.2) is 0 Å². The van der Waals surface area contributed by atoms with Crippen LogP contribution < -0.4 is 0 Å². The quantitative estimate of drug-likeness (QED) is 0.590. The Balaban J connectivity index is 2.39. The van der Waals surface area contributed by atoms with E-state index in [2.05, 4.69) is 53.4 Å². The summed E-state index contributed by atoms with van der Waals surface area (Å²) < 4.78 is 0. The summed E-state index contributed by atoms with van der Waals surface area (Å²) in [7, 11) is 0. The molecule has 0 aromatic carbocycles. The predicted molar refractivity (Wildman–Crippen MR) is 65.9 cm³/mol. The van der Waals surface area contributed by atoms with Crippen LogP contribution in [0.25, 0.3) is 0 Å². The fourth-order valence-corrected chi connectivity index (χ4v) is 4.42. The third-order valence-electron chi connectivity index (χ3n) is 5.51. The van der Waals surface area contributed by atoms with Crippen molar-refractivity contribution >= 4 is 0 Å². The van der Waals surface area contributed by atoms with E-state index in [1.54, 1.807) is 0 Å². The normalized spacial score (nSPS) is 45.0. The first-order chi connectivity index (χ1) is 6.61. The van der Waals surface area contributed by atoms with Crippen LogP contribution in [0.3, 0.4) is 0 Å². The minimum atomic E-state index is 0.320. The topological polar surface area (TPSA) is 3.24 Å². The van der Waals surface area contributed by atoms with Crippen molar-refractivity contribution < 1.29 is 0 Å². The summed E-state index contributed by atoms with van der Waals surface area (Å²) in [6.07, 6.45) is 1.38. The molecular weight excluding hydrogens is 182 g/mol. The standard InChI is InChI=1S/C14H27N/c1-10-8-14(7)13(5,6)11(10)9-15(14)12(2,3)4/h10-11H,8-9H2,1-7H3/t10-,11-,14+/m1/s1. The highest BCUT2D eigenvalue weighted by Gasteiger charge is 2.64. The first kappa shape index (κ1) is 11.4. The molecule has 2 bridgehead atoms. The number of piperidine rings is 1. The third-order valence-corrected chi connectivity index (χ3v) is 5.51. The lowest BCUT2D eigenvalue weighted by molar-refractivity contribution is 0.00144. The van der Waals surface area contributed by atoms with Crippen LogP contribution in [-0.4, -0.2) is 22.5 Å². The van der Waals surface area contributed by atoms with E-state index >= 15 is 0 Å². The van der Waals surface area contributed by atoms with Crippen molar-refractivity contribution in [2.45, 2.75) is 66.0 Å². The highest BCUT2D eigenvalue weighted by Crippen LogP contribution is 2.62. The highest BCUT2D eigenvalue weighted by molar-refractivity contribution is 5.17. The fraction of sp³-hybridized carbons (Fsp3) is 1.00. The molecule has 1 heteroatoms. The lowest BCUT2D eigenvalue weighted by Gasteiger charge is -2.49. The van der Waals surface area contributed by atoms with E-state index in [0.717, 1.165) is 11.8 Å². The Kier molecular flexibility index (Phi) is 2.13. The highest BCUT2D eigenvalue weighted by atomic mass is 15.3. The van der Waals surface area contributed by atoms with E-state index in [1.807, 2.05) is 0 Å². The van der Waals surface area contributed by atoms with Gasteiger partial charge in [-0.2, -0.15) is 0 Å². The average molecular weight is 209 g/mol. The monoisotopic (exact) mass is 209 g/mol. The zero-order valence-electron chi connectivity index (χ0n) is 11.5. The van der Waals surface area contributed by atoms with Crippen molar-refractivity contribution in [1.29, 1.82) is 0 Å². The Bertz CT molecular complexity index is 274. The molecule has 2 aliphatic rings. The number of hydrogen-bond donors (Lipinski definition) is 0. The molecule has 0 unspecified atom stereocenters. The largest absolute Gasteiger partial charge is 0.292 e. The second kappa shape index (κ2) is 2.80. The maximum absolute atomic E-state index is 2.75. The number of likely N-dealkylation sites (tertiary alicyclic amines) is 1. The van der Waals surface area contributed by atoms with Crippen molar-refractivity contribution in [3.05, 3.63) is 0 Å². The maximum atomic E-state index is 2.75. The van der Waals surface area contributed by atoms with Crippen molar-refractivity contribution in [1.82, 2.24) is 4.90 Å². The molecule has 1 aliphatic heterocycles. The van der Waals surface area contributed by atoms with Gasteiger partial charge < -0.3 is 0 Å². The summed E-state index contributed by atoms with van der Waals surface area (Å²) >= 11 is 0. The van der Waals surface area contributed by atoms with Crippen molar-refractivity contribution in [3.8, 4) is 0 Å². The summed E-state index contributed by atoms with van der Waals surface area (Å²) in [5, 5.41) is 0. The number of hydrogen-bond acceptors (Lipinski definition) is 1. The molecular formula is C14H27N. The predicted octanol–water partition coefficient (Wildman–Crippen LogP) is 3.54. The SMILES string of the molecule is C[C@@H]1C[C@]2(C)N(C(C)(C)C)C[C@H]1C2(C)C. The van der Waals surface area contributed by atoms with Crippen LogP contribution in [0.5, 0.6) is 0 Å². The van der Waals surface area contributed by atoms with Gasteiger partial charge in [0.25, 0.3) is 0 Å². The molecule has 0 radical (unpaired) electrons. The van der Waals surface area contributed by atoms with Gasteiger partial charge in [-0.15, -0.1) is 0 Å². The van der Waals surface area contributed by atoms with Crippen LogP contribution in [0.2, 0.25) is 0 Å². The summed E-state index contributed by atoms with van der Waals surface area (Å²) in [4.78, 5) is 2.75. The van der Waals surface area contributed by atoms with Gasteiger partial charge in [0.15, 0.2) is 0 Å². The Morgan fingerprint density at radius 2 is 1.67 bits per heavy atom. The van der Waals surface area contributed by atoms with Crippen LogP contribution in [0.4, 0.5) is 0 Å². The summed E-state index contributed by atoms with van der Waals surface area (Å²) in [5.74, 6) is 1.80. The van der Waals surface area contributed by atoms with Crippen molar-refractivity contribution in [2.24, 2.45) is 17.3 Å². The molecule has 88 valence electrons. The van der Waals surface area contributed by atoms with E-state index in [9.17, 15) is 0 Å². The van der Waals surface area contributed by atoms with Crippen molar-refractivity contribution in [2.75, 3.05) is 6.54 Å². The van der Waals surface area contributed by atoms with Crippen LogP contribution in [0.15, 0.2) is 0 Å². The molecule has 0 spiro atoms. The van der Waals surface area contributed by atoms with E-state index in [0.29, 0.717) is 16.5 Å². The van der Waals surface area contributed by atoms with Crippen LogP contribution in [-0.2, 0) is 0 Å². The number of nitrogens with zero attached hydrogens (tertiary/aromatic N) is 1. The summed E-state index contributed by atoms with van der Waals surface area (Å²) in [5.41, 5.74) is 1.22. The van der Waals surface area contributed by atoms with Crippen LogP contribution in [0, 0.1) is 17.3 Å². The van der Waals surface area contributed by atoms with Gasteiger partial charge in [0, 0.05) is 17.6 Å². The van der Waals surface area contributed by atoms with E-state index in [1.165, 1.54) is 13.0 Å². The molecule has 2 rings (SSSR count). The van der Waals surface area contributed by atoms with Crippen molar-refractivity contribution in [3.63, 3.8) is 0 Å². The second-order valence-electron chi connectivity index (χ2n) is 7.56. The molecule has 1 saturated heterocycles. The maximum Gasteiger partial charge on any atom is 0.0243 e. The van der Waals surface area contributed by atoms with Gasteiger partial charge >= 0.3 is 0 Å². The lowest BCUT2D eigenvalue weighted by Crippen LogP contribution is -2.56. The van der Waals surface area contributed by atoms with Gasteiger partial charge in [0.05, 0.1) is 0 Å². The van der Waals surface area contributed by atoms with E-state index in [-0.39, 0.29) is 0 Å². The first-order valence-corrected chi connectivity index (χ1v) is 6.38. The van der Waals surface area contributed by atoms with Gasteiger partial charge in [0.1, 0.15) is 0 Å². The third kappa shape index (κ3) is 1.25. The Hall–Kier alpha value is -0.0400. The first-order valence-electron chi connectivity index (χ1n) is 6.38. The van der Waals surface area contributed by atoms with Crippen LogP contribution >= 0.6 is 0 Å². The Morgan fingerprint density at radius 3 is 1.93 bits per heavy atom. The molecule has 1 nitrogen and oxygen atoms in total. The minimum absolute atomic E-state index is 0.320. The lowest BCUT2D eigenvalue weighted by atomic mass is 9.74. The van der Waals surface area contributed by atoms with Gasteiger partial charge in [-0.05, 0) is 51.4 Å². The number of rotatable bonds is 0. The van der Waals surface area contributed by atoms with Gasteiger partial charge in [-0.3, -0.25) is 4.90 Å². The molecule has 0 aromatic heterocycles. The molecule has 0 amide bonds. The second-order valence-corrected chi connectivity index (χ2v) is 7.56. The summed E-state index contributed by atoms with van der Waals surface area (Å²) in [6.45, 7) is 18.3. The number of fused-ring (bicyclic) bond motifs is 2. The smallest absolute Gasteiger partial charge is 0.0243 e. The van der Waals surface area contributed by atoms with E-state index in [4.69, 9.17) is 0 Å². The zero-order chi connectivity index (χ0) is 11.6. The molecule has 1 aliphatic carbocycles. The molecule has 1 saturated carbocycles. The molecule has 3 atom stereocenters. The Labute approximate surface area is 95.2 Å². The van der Waals surface area contributed by atoms with Crippen LogP contribution in [0.1, 0.15) is 54.9 Å². The summed E-state index contributed by atoms with van der Waals surface area (Å²) in [6, 6.07) is 0. The van der Waals surface area contributed by atoms with E-state index < -0.39 is 0 Å². The van der Waals surface area contributed by atoms with Gasteiger partial charge in [-0.1, -0.05) is 20.8 Å².